The van der Waals surface area contributed by atoms with Crippen LogP contribution in [0.15, 0.2) is 12.3 Å². The van der Waals surface area contributed by atoms with E-state index in [9.17, 15) is 4.79 Å². The quantitative estimate of drug-likeness (QED) is 0.876. The van der Waals surface area contributed by atoms with E-state index in [-0.39, 0.29) is 5.91 Å². The first kappa shape index (κ1) is 13.4. The lowest BCUT2D eigenvalue weighted by Gasteiger charge is -2.22. The molecule has 0 aromatic carbocycles. The molecule has 0 spiro atoms. The van der Waals surface area contributed by atoms with Gasteiger partial charge in [-0.25, -0.2) is 0 Å². The number of nitrogens with one attached hydrogen (secondary N) is 2. The van der Waals surface area contributed by atoms with Crippen molar-refractivity contribution >= 4 is 17.5 Å². The summed E-state index contributed by atoms with van der Waals surface area (Å²) in [5.41, 5.74) is 0.613. The fourth-order valence-corrected chi connectivity index (χ4v) is 2.65. The average molecular weight is 270 g/mol. The molecule has 1 amide bonds. The highest BCUT2D eigenvalue weighted by Crippen LogP contribution is 2.14. The molecule has 0 saturated carbocycles. The van der Waals surface area contributed by atoms with Crippen molar-refractivity contribution in [3.05, 3.63) is 23.0 Å². The molecule has 0 radical (unpaired) electrons. The fraction of sp³-hybridized carbons (Fsp3) is 0.615. The number of halogens is 1. The van der Waals surface area contributed by atoms with Crippen LogP contribution in [-0.4, -0.2) is 30.1 Å². The number of hydrogen-bond donors (Lipinski definition) is 2. The maximum atomic E-state index is 11.9. The van der Waals surface area contributed by atoms with Crippen LogP contribution in [0.3, 0.4) is 0 Å². The number of carbonyl (C=O) groups is 1. The summed E-state index contributed by atoms with van der Waals surface area (Å²) < 4.78 is 1.75. The normalized spacial score (nSPS) is 19.8. The Hall–Kier alpha value is -1.00. The summed E-state index contributed by atoms with van der Waals surface area (Å²) in [6.45, 7) is 2.94. The molecule has 1 atom stereocenters. The molecule has 2 rings (SSSR count). The van der Waals surface area contributed by atoms with Crippen molar-refractivity contribution in [1.82, 2.24) is 15.2 Å². The zero-order chi connectivity index (χ0) is 13.0. The molecule has 0 aliphatic carbocycles. The van der Waals surface area contributed by atoms with Gasteiger partial charge in [-0.1, -0.05) is 11.6 Å². The van der Waals surface area contributed by atoms with Crippen molar-refractivity contribution < 1.29 is 4.79 Å². The summed E-state index contributed by atoms with van der Waals surface area (Å²) in [5, 5.41) is 6.93. The molecular formula is C13H20ClN3O. The maximum absolute atomic E-state index is 11.9. The van der Waals surface area contributed by atoms with Gasteiger partial charge >= 0.3 is 0 Å². The van der Waals surface area contributed by atoms with Crippen LogP contribution < -0.4 is 10.6 Å². The van der Waals surface area contributed by atoms with Gasteiger partial charge in [-0.2, -0.15) is 0 Å². The van der Waals surface area contributed by atoms with Crippen molar-refractivity contribution in [2.45, 2.75) is 19.3 Å². The molecule has 1 aromatic rings. The summed E-state index contributed by atoms with van der Waals surface area (Å²) in [4.78, 5) is 11.9. The Morgan fingerprint density at radius 3 is 3.11 bits per heavy atom. The minimum absolute atomic E-state index is 0.0480. The van der Waals surface area contributed by atoms with Crippen LogP contribution in [0.4, 0.5) is 0 Å². The second-order valence-corrected chi connectivity index (χ2v) is 5.35. The Morgan fingerprint density at radius 2 is 2.50 bits per heavy atom. The molecule has 100 valence electrons. The molecule has 1 aromatic heterocycles. The number of hydrogen-bond acceptors (Lipinski definition) is 2. The molecule has 2 heterocycles. The summed E-state index contributed by atoms with van der Waals surface area (Å²) in [6.07, 6.45) is 5.28. The van der Waals surface area contributed by atoms with Gasteiger partial charge in [0.1, 0.15) is 5.69 Å². The lowest BCUT2D eigenvalue weighted by atomic mass is 9.96. The number of aromatic nitrogens is 1. The lowest BCUT2D eigenvalue weighted by molar-refractivity contribution is 0.0942. The number of rotatable bonds is 4. The predicted molar refractivity (Wildman–Crippen MR) is 73.0 cm³/mol. The highest BCUT2D eigenvalue weighted by atomic mass is 35.5. The molecule has 1 unspecified atom stereocenters. The highest BCUT2D eigenvalue weighted by molar-refractivity contribution is 6.31. The van der Waals surface area contributed by atoms with Gasteiger partial charge in [0, 0.05) is 19.8 Å². The molecule has 2 N–H and O–H groups in total. The van der Waals surface area contributed by atoms with Crippen molar-refractivity contribution in [2.75, 3.05) is 19.6 Å². The van der Waals surface area contributed by atoms with Crippen LogP contribution in [0.25, 0.3) is 0 Å². The van der Waals surface area contributed by atoms with Crippen LogP contribution in [0.1, 0.15) is 29.8 Å². The SMILES string of the molecule is Cn1cc(Cl)cc1C(=O)NCCC1CCCNC1. The van der Waals surface area contributed by atoms with E-state index in [1.807, 2.05) is 7.05 Å². The third-order valence-corrected chi connectivity index (χ3v) is 3.65. The number of carbonyl (C=O) groups excluding carboxylic acids is 1. The molecule has 0 bridgehead atoms. The van der Waals surface area contributed by atoms with Gasteiger partial charge in [0.15, 0.2) is 0 Å². The number of nitrogens with zero attached hydrogens (tertiary/aromatic N) is 1. The van der Waals surface area contributed by atoms with E-state index >= 15 is 0 Å². The first-order valence-corrected chi connectivity index (χ1v) is 6.85. The summed E-state index contributed by atoms with van der Waals surface area (Å²) >= 11 is 5.86. The Kier molecular flexibility index (Phi) is 4.66. The Bertz CT molecular complexity index is 410. The van der Waals surface area contributed by atoms with Gasteiger partial charge < -0.3 is 15.2 Å². The second-order valence-electron chi connectivity index (χ2n) is 4.91. The highest BCUT2D eigenvalue weighted by Gasteiger charge is 2.14. The van der Waals surface area contributed by atoms with Gasteiger partial charge in [-0.05, 0) is 44.3 Å². The summed E-state index contributed by atoms with van der Waals surface area (Å²) in [7, 11) is 1.83. The Morgan fingerprint density at radius 1 is 1.67 bits per heavy atom. The van der Waals surface area contributed by atoms with Crippen LogP contribution in [0, 0.1) is 5.92 Å². The van der Waals surface area contributed by atoms with E-state index in [1.54, 1.807) is 16.8 Å². The lowest BCUT2D eigenvalue weighted by Crippen LogP contribution is -2.33. The van der Waals surface area contributed by atoms with Crippen LogP contribution in [0.5, 0.6) is 0 Å². The largest absolute Gasteiger partial charge is 0.351 e. The van der Waals surface area contributed by atoms with Crippen molar-refractivity contribution in [3.8, 4) is 0 Å². The van der Waals surface area contributed by atoms with E-state index in [2.05, 4.69) is 10.6 Å². The molecule has 4 nitrogen and oxygen atoms in total. The first-order valence-electron chi connectivity index (χ1n) is 6.47. The number of amides is 1. The van der Waals surface area contributed by atoms with E-state index in [0.29, 0.717) is 16.6 Å². The van der Waals surface area contributed by atoms with Gasteiger partial charge in [0.05, 0.1) is 5.02 Å². The molecule has 1 aliphatic rings. The van der Waals surface area contributed by atoms with E-state index in [1.165, 1.54) is 12.8 Å². The second kappa shape index (κ2) is 6.25. The zero-order valence-corrected chi connectivity index (χ0v) is 11.5. The molecule has 1 fully saturated rings. The summed E-state index contributed by atoms with van der Waals surface area (Å²) in [6, 6.07) is 1.69. The third kappa shape index (κ3) is 3.50. The van der Waals surface area contributed by atoms with E-state index < -0.39 is 0 Å². The molecule has 1 saturated heterocycles. The zero-order valence-electron chi connectivity index (χ0n) is 10.7. The molecular weight excluding hydrogens is 250 g/mol. The van der Waals surface area contributed by atoms with Crippen molar-refractivity contribution in [1.29, 1.82) is 0 Å². The van der Waals surface area contributed by atoms with Gasteiger partial charge in [-0.3, -0.25) is 4.79 Å². The van der Waals surface area contributed by atoms with Gasteiger partial charge in [-0.15, -0.1) is 0 Å². The fourth-order valence-electron chi connectivity index (χ4n) is 2.40. The van der Waals surface area contributed by atoms with Crippen LogP contribution in [-0.2, 0) is 7.05 Å². The van der Waals surface area contributed by atoms with E-state index in [4.69, 9.17) is 11.6 Å². The first-order chi connectivity index (χ1) is 8.66. The monoisotopic (exact) mass is 269 g/mol. The Balaban J connectivity index is 1.76. The Labute approximate surface area is 113 Å². The maximum Gasteiger partial charge on any atom is 0.267 e. The smallest absolute Gasteiger partial charge is 0.267 e. The number of piperidine rings is 1. The van der Waals surface area contributed by atoms with Crippen molar-refractivity contribution in [2.24, 2.45) is 13.0 Å². The summed E-state index contributed by atoms with van der Waals surface area (Å²) in [5.74, 6) is 0.643. The van der Waals surface area contributed by atoms with E-state index in [0.717, 1.165) is 26.1 Å². The number of aryl methyl sites for hydroxylation is 1. The standard InChI is InChI=1S/C13H20ClN3O/c1-17-9-11(14)7-12(17)13(18)16-6-4-10-3-2-5-15-8-10/h7,9-10,15H,2-6,8H2,1H3,(H,16,18). The minimum Gasteiger partial charge on any atom is -0.351 e. The molecule has 18 heavy (non-hydrogen) atoms. The van der Waals surface area contributed by atoms with Crippen molar-refractivity contribution in [3.63, 3.8) is 0 Å². The van der Waals surface area contributed by atoms with Gasteiger partial charge in [0.25, 0.3) is 5.91 Å². The minimum atomic E-state index is -0.0480. The average Bonchev–Trinajstić information content (AvgIpc) is 2.70. The van der Waals surface area contributed by atoms with Gasteiger partial charge in [0.2, 0.25) is 0 Å². The topological polar surface area (TPSA) is 46.1 Å². The predicted octanol–water partition coefficient (Wildman–Crippen LogP) is 1.80. The molecule has 1 aliphatic heterocycles. The molecule has 5 heteroatoms. The third-order valence-electron chi connectivity index (χ3n) is 3.44. The van der Waals surface area contributed by atoms with Crippen LogP contribution >= 0.6 is 11.6 Å². The van der Waals surface area contributed by atoms with Crippen LogP contribution in [0.2, 0.25) is 5.02 Å².